The number of rotatable bonds is 4. The van der Waals surface area contributed by atoms with Crippen molar-refractivity contribution in [3.05, 3.63) is 57.7 Å². The molecule has 0 unspecified atom stereocenters. The minimum Gasteiger partial charge on any atom is -0.378 e. The van der Waals surface area contributed by atoms with Crippen molar-refractivity contribution < 1.29 is 0 Å². The predicted octanol–water partition coefficient (Wildman–Crippen LogP) is 3.70. The van der Waals surface area contributed by atoms with Crippen molar-refractivity contribution in [1.82, 2.24) is 14.8 Å². The molecule has 3 rings (SSSR count). The van der Waals surface area contributed by atoms with E-state index in [-0.39, 0.29) is 0 Å². The number of nitrogens with one attached hydrogen (secondary N) is 1. The van der Waals surface area contributed by atoms with Gasteiger partial charge in [0.15, 0.2) is 0 Å². The number of thiophene rings is 1. The van der Waals surface area contributed by atoms with E-state index in [0.29, 0.717) is 0 Å². The van der Waals surface area contributed by atoms with E-state index in [9.17, 15) is 0 Å². The summed E-state index contributed by atoms with van der Waals surface area (Å²) in [6, 6.07) is 10.2. The van der Waals surface area contributed by atoms with Crippen LogP contribution in [0.25, 0.3) is 5.69 Å². The first-order chi connectivity index (χ1) is 9.33. The van der Waals surface area contributed by atoms with Crippen LogP contribution in [0, 0.1) is 0 Å². The summed E-state index contributed by atoms with van der Waals surface area (Å²) in [5.74, 6) is 0. The second-order valence-corrected chi connectivity index (χ2v) is 5.85. The fraction of sp³-hybridized carbons (Fsp3) is 0.0769. The molecule has 96 valence electrons. The van der Waals surface area contributed by atoms with Crippen molar-refractivity contribution in [2.24, 2.45) is 0 Å². The SMILES string of the molecule is Brc1csc(CNc2ccccc2-n2cncn2)c1. The van der Waals surface area contributed by atoms with Gasteiger partial charge in [-0.05, 0) is 34.1 Å². The summed E-state index contributed by atoms with van der Waals surface area (Å²) >= 11 is 5.19. The molecule has 0 aliphatic carbocycles. The molecule has 0 saturated heterocycles. The van der Waals surface area contributed by atoms with E-state index in [4.69, 9.17) is 0 Å². The van der Waals surface area contributed by atoms with Gasteiger partial charge in [0, 0.05) is 21.3 Å². The molecule has 0 spiro atoms. The number of hydrogen-bond acceptors (Lipinski definition) is 4. The molecule has 0 amide bonds. The molecule has 3 aromatic rings. The van der Waals surface area contributed by atoms with Crippen LogP contribution in [0.4, 0.5) is 5.69 Å². The zero-order chi connectivity index (χ0) is 13.1. The molecular weight excluding hydrogens is 324 g/mol. The summed E-state index contributed by atoms with van der Waals surface area (Å²) in [6.45, 7) is 0.794. The lowest BCUT2D eigenvalue weighted by atomic mass is 10.2. The lowest BCUT2D eigenvalue weighted by molar-refractivity contribution is 0.878. The van der Waals surface area contributed by atoms with Gasteiger partial charge in [-0.1, -0.05) is 12.1 Å². The van der Waals surface area contributed by atoms with Crippen molar-refractivity contribution in [2.75, 3.05) is 5.32 Å². The van der Waals surface area contributed by atoms with Crippen molar-refractivity contribution in [3.8, 4) is 5.69 Å². The maximum atomic E-state index is 4.17. The molecule has 0 aliphatic rings. The number of halogens is 1. The normalized spacial score (nSPS) is 10.6. The van der Waals surface area contributed by atoms with Crippen molar-refractivity contribution in [3.63, 3.8) is 0 Å². The molecule has 1 N–H and O–H groups in total. The molecule has 0 atom stereocenters. The number of hydrogen-bond donors (Lipinski definition) is 1. The van der Waals surface area contributed by atoms with Gasteiger partial charge >= 0.3 is 0 Å². The van der Waals surface area contributed by atoms with E-state index in [0.717, 1.165) is 22.4 Å². The zero-order valence-corrected chi connectivity index (χ0v) is 12.4. The molecule has 2 aromatic heterocycles. The van der Waals surface area contributed by atoms with E-state index in [1.165, 1.54) is 11.2 Å². The number of anilines is 1. The van der Waals surface area contributed by atoms with Crippen LogP contribution in [0.5, 0.6) is 0 Å². The minimum atomic E-state index is 0.794. The highest BCUT2D eigenvalue weighted by atomic mass is 79.9. The molecule has 0 fully saturated rings. The second-order valence-electron chi connectivity index (χ2n) is 3.94. The van der Waals surface area contributed by atoms with Gasteiger partial charge in [-0.2, -0.15) is 5.10 Å². The maximum absolute atomic E-state index is 4.17. The number of benzene rings is 1. The zero-order valence-electron chi connectivity index (χ0n) is 9.95. The van der Waals surface area contributed by atoms with Crippen molar-refractivity contribution in [2.45, 2.75) is 6.54 Å². The van der Waals surface area contributed by atoms with Gasteiger partial charge < -0.3 is 5.32 Å². The third kappa shape index (κ3) is 2.85. The van der Waals surface area contributed by atoms with Crippen LogP contribution in [-0.2, 0) is 6.54 Å². The highest BCUT2D eigenvalue weighted by Crippen LogP contribution is 2.23. The summed E-state index contributed by atoms with van der Waals surface area (Å²) in [7, 11) is 0. The third-order valence-corrected chi connectivity index (χ3v) is 4.34. The largest absolute Gasteiger partial charge is 0.378 e. The Balaban J connectivity index is 1.81. The lowest BCUT2D eigenvalue weighted by Crippen LogP contribution is -2.03. The molecule has 0 saturated carbocycles. The first-order valence-corrected chi connectivity index (χ1v) is 7.41. The Morgan fingerprint density at radius 1 is 1.32 bits per heavy atom. The molecule has 2 heterocycles. The van der Waals surface area contributed by atoms with Gasteiger partial charge in [-0.3, -0.25) is 0 Å². The molecule has 4 nitrogen and oxygen atoms in total. The average molecular weight is 335 g/mol. The Labute approximate surface area is 123 Å². The van der Waals surface area contributed by atoms with E-state index in [1.54, 1.807) is 22.3 Å². The van der Waals surface area contributed by atoms with Gasteiger partial charge in [0.2, 0.25) is 0 Å². The van der Waals surface area contributed by atoms with E-state index in [1.807, 2.05) is 24.3 Å². The summed E-state index contributed by atoms with van der Waals surface area (Å²) in [5.41, 5.74) is 2.04. The molecule has 19 heavy (non-hydrogen) atoms. The van der Waals surface area contributed by atoms with Crippen LogP contribution in [-0.4, -0.2) is 14.8 Å². The summed E-state index contributed by atoms with van der Waals surface area (Å²) < 4.78 is 2.88. The smallest absolute Gasteiger partial charge is 0.138 e. The Bertz CT molecular complexity index is 663. The molecule has 6 heteroatoms. The van der Waals surface area contributed by atoms with Crippen molar-refractivity contribution >= 4 is 33.0 Å². The van der Waals surface area contributed by atoms with Crippen LogP contribution < -0.4 is 5.32 Å². The number of nitrogens with zero attached hydrogens (tertiary/aromatic N) is 3. The quantitative estimate of drug-likeness (QED) is 0.790. The Morgan fingerprint density at radius 3 is 2.95 bits per heavy atom. The summed E-state index contributed by atoms with van der Waals surface area (Å²) in [5, 5.41) is 9.68. The van der Waals surface area contributed by atoms with E-state index < -0.39 is 0 Å². The highest BCUT2D eigenvalue weighted by molar-refractivity contribution is 9.10. The second kappa shape index (κ2) is 5.54. The van der Waals surface area contributed by atoms with Crippen LogP contribution in [0.15, 0.2) is 52.8 Å². The molecule has 1 aromatic carbocycles. The third-order valence-electron chi connectivity index (χ3n) is 2.64. The summed E-state index contributed by atoms with van der Waals surface area (Å²) in [6.07, 6.45) is 3.23. The predicted molar refractivity (Wildman–Crippen MR) is 80.7 cm³/mol. The fourth-order valence-electron chi connectivity index (χ4n) is 1.78. The van der Waals surface area contributed by atoms with Gasteiger partial charge in [0.1, 0.15) is 12.7 Å². The monoisotopic (exact) mass is 334 g/mol. The Kier molecular flexibility index (Phi) is 3.61. The first kappa shape index (κ1) is 12.4. The summed E-state index contributed by atoms with van der Waals surface area (Å²) in [4.78, 5) is 5.26. The van der Waals surface area contributed by atoms with Gasteiger partial charge in [-0.25, -0.2) is 9.67 Å². The molecule has 0 radical (unpaired) electrons. The Morgan fingerprint density at radius 2 is 2.21 bits per heavy atom. The van der Waals surface area contributed by atoms with Crippen molar-refractivity contribution in [1.29, 1.82) is 0 Å². The first-order valence-electron chi connectivity index (χ1n) is 5.74. The number of aromatic nitrogens is 3. The minimum absolute atomic E-state index is 0.794. The molecule has 0 bridgehead atoms. The fourth-order valence-corrected chi connectivity index (χ4v) is 3.18. The lowest BCUT2D eigenvalue weighted by Gasteiger charge is -2.10. The maximum Gasteiger partial charge on any atom is 0.138 e. The van der Waals surface area contributed by atoms with Crippen LogP contribution >= 0.6 is 27.3 Å². The van der Waals surface area contributed by atoms with Gasteiger partial charge in [-0.15, -0.1) is 11.3 Å². The molecule has 0 aliphatic heterocycles. The van der Waals surface area contributed by atoms with Crippen LogP contribution in [0.2, 0.25) is 0 Å². The van der Waals surface area contributed by atoms with Crippen LogP contribution in [0.3, 0.4) is 0 Å². The Hall–Kier alpha value is -1.66. The topological polar surface area (TPSA) is 42.7 Å². The van der Waals surface area contributed by atoms with Gasteiger partial charge in [0.05, 0.1) is 11.4 Å². The molecular formula is C13H11BrN4S. The standard InChI is InChI=1S/C13H11BrN4S/c14-10-5-11(19-7-10)6-16-12-3-1-2-4-13(12)18-9-15-8-17-18/h1-5,7-9,16H,6H2. The highest BCUT2D eigenvalue weighted by Gasteiger charge is 2.05. The van der Waals surface area contributed by atoms with E-state index >= 15 is 0 Å². The van der Waals surface area contributed by atoms with Gasteiger partial charge in [0.25, 0.3) is 0 Å². The average Bonchev–Trinajstić information content (AvgIpc) is 3.08. The van der Waals surface area contributed by atoms with Crippen LogP contribution in [0.1, 0.15) is 4.88 Å². The van der Waals surface area contributed by atoms with E-state index in [2.05, 4.69) is 42.8 Å². The number of para-hydroxylation sites is 2.